The van der Waals surface area contributed by atoms with Crippen LogP contribution in [0.4, 0.5) is 5.13 Å². The number of nitrogens with one attached hydrogen (secondary N) is 1. The van der Waals surface area contributed by atoms with Gasteiger partial charge >= 0.3 is 0 Å². The molecule has 0 aliphatic heterocycles. The van der Waals surface area contributed by atoms with Gasteiger partial charge in [0.15, 0.2) is 0 Å². The highest BCUT2D eigenvalue weighted by molar-refractivity contribution is 7.22. The molecule has 0 aliphatic rings. The van der Waals surface area contributed by atoms with Gasteiger partial charge in [0.25, 0.3) is 0 Å². The van der Waals surface area contributed by atoms with E-state index in [0.29, 0.717) is 0 Å². The molecule has 0 bridgehead atoms. The Hall–Kier alpha value is -3.24. The molecule has 5 rings (SSSR count). The average Bonchev–Trinajstić information content (AvgIpc) is 3.13. The lowest BCUT2D eigenvalue weighted by atomic mass is 9.93. The molecular formula is C23H17N3S. The first-order valence-electron chi connectivity index (χ1n) is 8.86. The van der Waals surface area contributed by atoms with E-state index in [2.05, 4.69) is 77.0 Å². The summed E-state index contributed by atoms with van der Waals surface area (Å²) in [6.07, 6.45) is 1.91. The van der Waals surface area contributed by atoms with Gasteiger partial charge in [0.2, 0.25) is 5.13 Å². The number of fused-ring (bicyclic) bond motifs is 3. The maximum absolute atomic E-state index is 4.58. The Labute approximate surface area is 161 Å². The predicted octanol–water partition coefficient (Wildman–Crippen LogP) is 6.36. The van der Waals surface area contributed by atoms with Gasteiger partial charge in [-0.1, -0.05) is 72.0 Å². The minimum Gasteiger partial charge on any atom is -0.253 e. The van der Waals surface area contributed by atoms with E-state index in [0.717, 1.165) is 20.9 Å². The lowest BCUT2D eigenvalue weighted by molar-refractivity contribution is 1.31. The second kappa shape index (κ2) is 6.49. The average molecular weight is 367 g/mol. The number of benzene rings is 4. The summed E-state index contributed by atoms with van der Waals surface area (Å²) in [4.78, 5) is 4.58. The summed E-state index contributed by atoms with van der Waals surface area (Å²) in [5.74, 6) is 0. The van der Waals surface area contributed by atoms with Crippen LogP contribution in [0.25, 0.3) is 31.8 Å². The van der Waals surface area contributed by atoms with Crippen LogP contribution in [-0.2, 0) is 0 Å². The molecule has 1 N–H and O–H groups in total. The molecular weight excluding hydrogens is 350 g/mol. The van der Waals surface area contributed by atoms with Crippen molar-refractivity contribution in [2.24, 2.45) is 5.10 Å². The second-order valence-corrected chi connectivity index (χ2v) is 7.52. The van der Waals surface area contributed by atoms with Gasteiger partial charge in [0, 0.05) is 5.56 Å². The number of thiazole rings is 1. The van der Waals surface area contributed by atoms with Gasteiger partial charge in [0.05, 0.1) is 16.4 Å². The predicted molar refractivity (Wildman–Crippen MR) is 117 cm³/mol. The molecule has 1 heterocycles. The van der Waals surface area contributed by atoms with Crippen molar-refractivity contribution in [3.05, 3.63) is 83.9 Å². The molecule has 3 nitrogen and oxygen atoms in total. The fourth-order valence-corrected chi connectivity index (χ4v) is 4.41. The van der Waals surface area contributed by atoms with Crippen LogP contribution in [-0.4, -0.2) is 11.2 Å². The number of aryl methyl sites for hydroxylation is 1. The van der Waals surface area contributed by atoms with Crippen molar-refractivity contribution in [3.8, 4) is 0 Å². The zero-order valence-corrected chi connectivity index (χ0v) is 15.6. The van der Waals surface area contributed by atoms with Crippen molar-refractivity contribution in [3.63, 3.8) is 0 Å². The molecule has 27 heavy (non-hydrogen) atoms. The summed E-state index contributed by atoms with van der Waals surface area (Å²) < 4.78 is 1.15. The van der Waals surface area contributed by atoms with Gasteiger partial charge in [-0.3, -0.25) is 5.43 Å². The van der Waals surface area contributed by atoms with Gasteiger partial charge in [-0.15, -0.1) is 0 Å². The lowest BCUT2D eigenvalue weighted by Gasteiger charge is -2.11. The van der Waals surface area contributed by atoms with Crippen molar-refractivity contribution < 1.29 is 0 Å². The Bertz CT molecular complexity index is 1230. The molecule has 1 aromatic heterocycles. The molecule has 0 saturated heterocycles. The lowest BCUT2D eigenvalue weighted by Crippen LogP contribution is -1.94. The van der Waals surface area contributed by atoms with Crippen molar-refractivity contribution >= 4 is 54.4 Å². The largest absolute Gasteiger partial charge is 0.253 e. The quantitative estimate of drug-likeness (QED) is 0.229. The number of hydrazone groups is 1. The summed E-state index contributed by atoms with van der Waals surface area (Å²) in [5.41, 5.74) is 6.52. The highest BCUT2D eigenvalue weighted by Gasteiger charge is 2.09. The third-order valence-electron chi connectivity index (χ3n) is 4.89. The Morgan fingerprint density at radius 3 is 2.07 bits per heavy atom. The summed E-state index contributed by atoms with van der Waals surface area (Å²) in [7, 11) is 0. The minimum absolute atomic E-state index is 0.799. The smallest absolute Gasteiger partial charge is 0.204 e. The topological polar surface area (TPSA) is 37.3 Å². The first-order chi connectivity index (χ1) is 13.3. The van der Waals surface area contributed by atoms with Crippen LogP contribution >= 0.6 is 11.3 Å². The number of nitrogens with zero attached hydrogens (tertiary/aromatic N) is 2. The van der Waals surface area contributed by atoms with Gasteiger partial charge in [0.1, 0.15) is 0 Å². The van der Waals surface area contributed by atoms with Crippen molar-refractivity contribution in [1.82, 2.24) is 4.98 Å². The fraction of sp³-hybridized carbons (Fsp3) is 0.0435. The van der Waals surface area contributed by atoms with Gasteiger partial charge in [-0.05, 0) is 46.2 Å². The van der Waals surface area contributed by atoms with Crippen molar-refractivity contribution in [2.75, 3.05) is 5.43 Å². The van der Waals surface area contributed by atoms with Gasteiger partial charge in [-0.25, -0.2) is 4.98 Å². The number of aromatic nitrogens is 1. The molecule has 0 amide bonds. The van der Waals surface area contributed by atoms with Crippen LogP contribution in [0.1, 0.15) is 11.1 Å². The Kier molecular flexibility index (Phi) is 3.84. The van der Waals surface area contributed by atoms with E-state index < -0.39 is 0 Å². The van der Waals surface area contributed by atoms with Crippen LogP contribution in [0.2, 0.25) is 0 Å². The maximum atomic E-state index is 4.58. The molecule has 0 unspecified atom stereocenters. The van der Waals surface area contributed by atoms with Crippen LogP contribution in [0.5, 0.6) is 0 Å². The number of anilines is 1. The van der Waals surface area contributed by atoms with Crippen LogP contribution in [0.15, 0.2) is 77.9 Å². The Morgan fingerprint density at radius 1 is 0.815 bits per heavy atom. The molecule has 4 heteroatoms. The summed E-state index contributed by atoms with van der Waals surface area (Å²) in [6.45, 7) is 2.19. The summed E-state index contributed by atoms with van der Waals surface area (Å²) in [5, 5.41) is 10.3. The van der Waals surface area contributed by atoms with E-state index >= 15 is 0 Å². The molecule has 4 aromatic carbocycles. The molecule has 0 saturated carbocycles. The molecule has 0 atom stereocenters. The third kappa shape index (κ3) is 2.75. The normalized spacial score (nSPS) is 11.7. The molecule has 0 aliphatic carbocycles. The molecule has 0 spiro atoms. The monoisotopic (exact) mass is 367 g/mol. The van der Waals surface area contributed by atoms with E-state index in [1.807, 2.05) is 24.4 Å². The zero-order valence-electron chi connectivity index (χ0n) is 14.8. The van der Waals surface area contributed by atoms with E-state index in [4.69, 9.17) is 0 Å². The fourth-order valence-electron chi connectivity index (χ4n) is 3.59. The standard InChI is InChI=1S/C23H17N3S/c1-15-16-8-2-4-10-18(16)20(19-11-5-3-9-17(15)19)14-24-26-23-25-21-12-6-7-13-22(21)27-23/h2-14H,1H3,(H,25,26)/b24-14+. The highest BCUT2D eigenvalue weighted by Crippen LogP contribution is 2.31. The van der Waals surface area contributed by atoms with E-state index in [1.165, 1.54) is 27.1 Å². The first-order valence-corrected chi connectivity index (χ1v) is 9.67. The minimum atomic E-state index is 0.799. The number of para-hydroxylation sites is 1. The summed E-state index contributed by atoms with van der Waals surface area (Å²) >= 11 is 1.61. The zero-order chi connectivity index (χ0) is 18.2. The van der Waals surface area contributed by atoms with Crippen LogP contribution in [0, 0.1) is 6.92 Å². The van der Waals surface area contributed by atoms with E-state index in [9.17, 15) is 0 Å². The van der Waals surface area contributed by atoms with Gasteiger partial charge in [-0.2, -0.15) is 5.10 Å². The summed E-state index contributed by atoms with van der Waals surface area (Å²) in [6, 6.07) is 25.1. The number of rotatable bonds is 3. The van der Waals surface area contributed by atoms with Crippen molar-refractivity contribution in [1.29, 1.82) is 0 Å². The molecule has 130 valence electrons. The molecule has 5 aromatic rings. The van der Waals surface area contributed by atoms with E-state index in [1.54, 1.807) is 11.3 Å². The Morgan fingerprint density at radius 2 is 1.41 bits per heavy atom. The molecule has 0 radical (unpaired) electrons. The van der Waals surface area contributed by atoms with Crippen LogP contribution in [0.3, 0.4) is 0 Å². The highest BCUT2D eigenvalue weighted by atomic mass is 32.1. The molecule has 0 fully saturated rings. The maximum Gasteiger partial charge on any atom is 0.204 e. The number of hydrogen-bond acceptors (Lipinski definition) is 4. The SMILES string of the molecule is Cc1c2ccccc2c(/C=N/Nc2nc3ccccc3s2)c2ccccc12. The van der Waals surface area contributed by atoms with Crippen LogP contribution < -0.4 is 5.43 Å². The Balaban J connectivity index is 1.60. The first kappa shape index (κ1) is 16.0. The third-order valence-corrected chi connectivity index (χ3v) is 5.83. The van der Waals surface area contributed by atoms with E-state index in [-0.39, 0.29) is 0 Å². The second-order valence-electron chi connectivity index (χ2n) is 6.49. The van der Waals surface area contributed by atoms with Gasteiger partial charge < -0.3 is 0 Å². The number of hydrogen-bond donors (Lipinski definition) is 1. The van der Waals surface area contributed by atoms with Crippen molar-refractivity contribution in [2.45, 2.75) is 6.92 Å².